The average Bonchev–Trinajstić information content (AvgIpc) is 2.56. The number of hydrogen-bond donors (Lipinski definition) is 8. The second-order valence-electron chi connectivity index (χ2n) is 5.71. The molecular weight excluding hydrogens is 398 g/mol. The van der Waals surface area contributed by atoms with Crippen LogP contribution in [0.25, 0.3) is 0 Å². The van der Waals surface area contributed by atoms with E-state index in [1.807, 2.05) is 16.0 Å². The summed E-state index contributed by atoms with van der Waals surface area (Å²) in [7, 11) is 0. The van der Waals surface area contributed by atoms with Crippen molar-refractivity contribution < 1.29 is 48.9 Å². The van der Waals surface area contributed by atoms with Gasteiger partial charge in [0.2, 0.25) is 23.6 Å². The summed E-state index contributed by atoms with van der Waals surface area (Å²) in [6.07, 6.45) is -2.40. The molecule has 0 radical (unpaired) electrons. The predicted octanol–water partition coefficient (Wildman–Crippen LogP) is -4.69. The number of carbonyl (C=O) groups excluding carboxylic acids is 4. The molecule has 4 amide bonds. The monoisotopic (exact) mass is 419 g/mol. The van der Waals surface area contributed by atoms with Crippen molar-refractivity contribution in [2.45, 2.75) is 37.4 Å². The lowest BCUT2D eigenvalue weighted by molar-refractivity contribution is -0.147. The highest BCUT2D eigenvalue weighted by Crippen LogP contribution is 1.98. The van der Waals surface area contributed by atoms with Crippen molar-refractivity contribution in [3.8, 4) is 0 Å². The predicted molar refractivity (Wildman–Crippen MR) is 90.8 cm³/mol. The minimum atomic E-state index is -1.83. The maximum absolute atomic E-state index is 12.1. The van der Waals surface area contributed by atoms with Crippen LogP contribution in [-0.4, -0.2) is 81.5 Å². The van der Waals surface area contributed by atoms with Crippen molar-refractivity contribution in [2.75, 3.05) is 6.54 Å². The van der Waals surface area contributed by atoms with Crippen molar-refractivity contribution in [3.05, 3.63) is 0 Å². The molecule has 0 aromatic rings. The molecule has 15 heteroatoms. The molecule has 0 saturated heterocycles. The van der Waals surface area contributed by atoms with Gasteiger partial charge in [-0.2, -0.15) is 0 Å². The Labute approximate surface area is 162 Å². The van der Waals surface area contributed by atoms with Crippen LogP contribution in [0.2, 0.25) is 0 Å². The summed E-state index contributed by atoms with van der Waals surface area (Å²) in [5.41, 5.74) is 10.3. The molecule has 0 aliphatic carbocycles. The zero-order valence-electron chi connectivity index (χ0n) is 14.9. The SMILES string of the molecule is NC(=O)CC(NC(=O)CNC(=O)C(N)CC(=O)O)C(=O)NC(CC(=O)O)C(=O)O. The van der Waals surface area contributed by atoms with Gasteiger partial charge in [-0.05, 0) is 0 Å². The Morgan fingerprint density at radius 3 is 1.76 bits per heavy atom. The van der Waals surface area contributed by atoms with Gasteiger partial charge >= 0.3 is 17.9 Å². The Morgan fingerprint density at radius 1 is 0.759 bits per heavy atom. The number of rotatable bonds is 13. The van der Waals surface area contributed by atoms with Crippen LogP contribution < -0.4 is 27.4 Å². The maximum Gasteiger partial charge on any atom is 0.326 e. The zero-order chi connectivity index (χ0) is 22.7. The van der Waals surface area contributed by atoms with Crippen LogP contribution in [0.4, 0.5) is 0 Å². The summed E-state index contributed by atoms with van der Waals surface area (Å²) in [6, 6.07) is -4.92. The van der Waals surface area contributed by atoms with Crippen LogP contribution in [0.1, 0.15) is 19.3 Å². The summed E-state index contributed by atoms with van der Waals surface area (Å²) in [4.78, 5) is 78.7. The lowest BCUT2D eigenvalue weighted by atomic mass is 10.1. The van der Waals surface area contributed by atoms with Crippen molar-refractivity contribution in [2.24, 2.45) is 11.5 Å². The number of carboxylic acid groups (broad SMARTS) is 3. The molecule has 29 heavy (non-hydrogen) atoms. The molecule has 3 unspecified atom stereocenters. The van der Waals surface area contributed by atoms with Gasteiger partial charge in [0.25, 0.3) is 0 Å². The van der Waals surface area contributed by atoms with E-state index in [0.29, 0.717) is 0 Å². The molecule has 0 bridgehead atoms. The average molecular weight is 419 g/mol. The highest BCUT2D eigenvalue weighted by Gasteiger charge is 2.29. The molecule has 3 atom stereocenters. The van der Waals surface area contributed by atoms with E-state index in [2.05, 4.69) is 0 Å². The molecule has 0 rings (SSSR count). The van der Waals surface area contributed by atoms with Gasteiger partial charge in [-0.1, -0.05) is 0 Å². The van der Waals surface area contributed by atoms with E-state index in [0.717, 1.165) is 0 Å². The fraction of sp³-hybridized carbons (Fsp3) is 0.500. The van der Waals surface area contributed by atoms with E-state index in [4.69, 9.17) is 26.8 Å². The van der Waals surface area contributed by atoms with Gasteiger partial charge in [-0.25, -0.2) is 4.79 Å². The third-order valence-electron chi connectivity index (χ3n) is 3.20. The molecule has 0 aromatic heterocycles. The van der Waals surface area contributed by atoms with Crippen LogP contribution in [0.3, 0.4) is 0 Å². The molecular formula is C14H21N5O10. The molecule has 15 nitrogen and oxygen atoms in total. The fourth-order valence-electron chi connectivity index (χ4n) is 1.88. The topological polar surface area (TPSA) is 268 Å². The second-order valence-corrected chi connectivity index (χ2v) is 5.71. The summed E-state index contributed by atoms with van der Waals surface area (Å²) in [5.74, 6) is -8.73. The second kappa shape index (κ2) is 11.9. The van der Waals surface area contributed by atoms with Gasteiger partial charge in [0.15, 0.2) is 0 Å². The van der Waals surface area contributed by atoms with Gasteiger partial charge in [0, 0.05) is 0 Å². The number of carbonyl (C=O) groups is 7. The Bertz CT molecular complexity index is 694. The number of amides is 4. The van der Waals surface area contributed by atoms with Gasteiger partial charge in [-0.3, -0.25) is 28.8 Å². The first kappa shape index (κ1) is 25.2. The minimum Gasteiger partial charge on any atom is -0.481 e. The molecule has 0 saturated carbocycles. The van der Waals surface area contributed by atoms with Crippen LogP contribution in [0.5, 0.6) is 0 Å². The summed E-state index contributed by atoms with van der Waals surface area (Å²) >= 11 is 0. The quantitative estimate of drug-likeness (QED) is 0.140. The van der Waals surface area contributed by atoms with Crippen LogP contribution in [0.15, 0.2) is 0 Å². The first-order valence-corrected chi connectivity index (χ1v) is 7.91. The minimum absolute atomic E-state index is 0.694. The first-order chi connectivity index (χ1) is 13.3. The van der Waals surface area contributed by atoms with Crippen molar-refractivity contribution in [1.29, 1.82) is 0 Å². The standard InChI is InChI=1S/C14H21N5O10/c15-5(1-10(22)23)12(26)17-4-9(21)18-6(2-8(16)20)13(27)19-7(14(28)29)3-11(24)25/h5-7H,1-4,15H2,(H2,16,20)(H,17,26)(H,18,21)(H,19,27)(H,22,23)(H,24,25)(H,28,29). The molecule has 0 aromatic carbocycles. The number of nitrogens with one attached hydrogen (secondary N) is 3. The molecule has 0 spiro atoms. The van der Waals surface area contributed by atoms with Crippen LogP contribution in [-0.2, 0) is 33.6 Å². The normalized spacial score (nSPS) is 13.3. The molecule has 0 heterocycles. The fourth-order valence-corrected chi connectivity index (χ4v) is 1.88. The number of aliphatic carboxylic acids is 3. The number of hydrogen-bond acceptors (Lipinski definition) is 8. The summed E-state index contributed by atoms with van der Waals surface area (Å²) in [5, 5.41) is 32.0. The third-order valence-corrected chi connectivity index (χ3v) is 3.20. The smallest absolute Gasteiger partial charge is 0.326 e. The van der Waals surface area contributed by atoms with Gasteiger partial charge in [0.1, 0.15) is 12.1 Å². The van der Waals surface area contributed by atoms with E-state index in [1.165, 1.54) is 0 Å². The highest BCUT2D eigenvalue weighted by molar-refractivity contribution is 5.95. The summed E-state index contributed by atoms with van der Waals surface area (Å²) in [6.45, 7) is -0.744. The summed E-state index contributed by atoms with van der Waals surface area (Å²) < 4.78 is 0. The van der Waals surface area contributed by atoms with E-state index >= 15 is 0 Å². The van der Waals surface area contributed by atoms with E-state index in [-0.39, 0.29) is 0 Å². The largest absolute Gasteiger partial charge is 0.481 e. The van der Waals surface area contributed by atoms with E-state index in [9.17, 15) is 33.6 Å². The molecule has 10 N–H and O–H groups in total. The maximum atomic E-state index is 12.1. The van der Waals surface area contributed by atoms with Gasteiger partial charge < -0.3 is 42.7 Å². The molecule has 0 aliphatic heterocycles. The third kappa shape index (κ3) is 10.9. The number of primary amides is 1. The Morgan fingerprint density at radius 2 is 1.31 bits per heavy atom. The lowest BCUT2D eigenvalue weighted by Crippen LogP contribution is -2.55. The van der Waals surface area contributed by atoms with Crippen LogP contribution >= 0.6 is 0 Å². The van der Waals surface area contributed by atoms with Gasteiger partial charge in [-0.15, -0.1) is 0 Å². The Hall–Kier alpha value is -3.75. The molecule has 162 valence electrons. The van der Waals surface area contributed by atoms with E-state index in [1.54, 1.807) is 0 Å². The Kier molecular flexibility index (Phi) is 10.3. The van der Waals surface area contributed by atoms with Crippen LogP contribution in [0, 0.1) is 0 Å². The zero-order valence-corrected chi connectivity index (χ0v) is 14.9. The van der Waals surface area contributed by atoms with Crippen molar-refractivity contribution >= 4 is 41.5 Å². The molecule has 0 aliphatic rings. The van der Waals surface area contributed by atoms with Crippen molar-refractivity contribution in [3.63, 3.8) is 0 Å². The lowest BCUT2D eigenvalue weighted by Gasteiger charge is -2.20. The van der Waals surface area contributed by atoms with Gasteiger partial charge in [0.05, 0.1) is 31.8 Å². The number of nitrogens with two attached hydrogens (primary N) is 2. The van der Waals surface area contributed by atoms with E-state index < -0.39 is 85.5 Å². The first-order valence-electron chi connectivity index (χ1n) is 7.91. The number of carboxylic acids is 3. The van der Waals surface area contributed by atoms with Crippen molar-refractivity contribution in [1.82, 2.24) is 16.0 Å². The Balaban J connectivity index is 4.94. The molecule has 0 fully saturated rings. The highest BCUT2D eigenvalue weighted by atomic mass is 16.4.